The van der Waals surface area contributed by atoms with Crippen LogP contribution in [0.1, 0.15) is 32.7 Å². The van der Waals surface area contributed by atoms with E-state index >= 15 is 0 Å². The van der Waals surface area contributed by atoms with E-state index in [1.54, 1.807) is 23.3 Å². The highest BCUT2D eigenvalue weighted by Gasteiger charge is 2.23. The molecule has 0 radical (unpaired) electrons. The number of thiazole rings is 1. The van der Waals surface area contributed by atoms with E-state index in [0.717, 1.165) is 35.8 Å². The van der Waals surface area contributed by atoms with Crippen LogP contribution >= 0.6 is 11.3 Å². The Bertz CT molecular complexity index is 942. The van der Waals surface area contributed by atoms with Crippen LogP contribution in [0.25, 0.3) is 11.4 Å². The highest BCUT2D eigenvalue weighted by molar-refractivity contribution is 7.14. The molecule has 0 aromatic carbocycles. The van der Waals surface area contributed by atoms with Crippen molar-refractivity contribution in [2.75, 3.05) is 18.4 Å². The molecule has 3 aromatic rings. The van der Waals surface area contributed by atoms with Gasteiger partial charge in [0.1, 0.15) is 11.2 Å². The number of pyridine rings is 1. The summed E-state index contributed by atoms with van der Waals surface area (Å²) in [6, 6.07) is 1.84. The molecule has 0 saturated carbocycles. The number of carbonyl (C=O) groups is 1. The van der Waals surface area contributed by atoms with E-state index in [2.05, 4.69) is 30.8 Å². The molecule has 1 atom stereocenters. The van der Waals surface area contributed by atoms with Crippen LogP contribution in [0.4, 0.5) is 5.69 Å². The van der Waals surface area contributed by atoms with Gasteiger partial charge in [0.2, 0.25) is 0 Å². The highest BCUT2D eigenvalue weighted by atomic mass is 32.1. The van der Waals surface area contributed by atoms with Crippen molar-refractivity contribution in [3.05, 3.63) is 40.4 Å². The lowest BCUT2D eigenvalue weighted by molar-refractivity contribution is 0.103. The van der Waals surface area contributed by atoms with Crippen LogP contribution in [0, 0.1) is 6.92 Å². The summed E-state index contributed by atoms with van der Waals surface area (Å²) in [6.07, 6.45) is 6.01. The van der Waals surface area contributed by atoms with E-state index in [-0.39, 0.29) is 5.91 Å². The lowest BCUT2D eigenvalue weighted by Gasteiger charge is -2.06. The quantitative estimate of drug-likeness (QED) is 0.730. The van der Waals surface area contributed by atoms with E-state index in [1.807, 2.05) is 20.0 Å². The van der Waals surface area contributed by atoms with Gasteiger partial charge in [-0.05, 0) is 26.0 Å². The fourth-order valence-electron chi connectivity index (χ4n) is 3.03. The minimum absolute atomic E-state index is 0.158. The first kappa shape index (κ1) is 16.8. The van der Waals surface area contributed by atoms with Crippen LogP contribution in [-0.4, -0.2) is 43.7 Å². The summed E-state index contributed by atoms with van der Waals surface area (Å²) >= 11 is 1.48. The molecule has 4 heterocycles. The number of aryl methyl sites for hydroxylation is 2. The topological polar surface area (TPSA) is 97.6 Å². The van der Waals surface area contributed by atoms with E-state index in [1.165, 1.54) is 11.3 Å². The van der Waals surface area contributed by atoms with Gasteiger partial charge in [0.05, 0.1) is 22.6 Å². The smallest absolute Gasteiger partial charge is 0.267 e. The first-order valence-corrected chi connectivity index (χ1v) is 9.22. The predicted octanol–water partition coefficient (Wildman–Crippen LogP) is 1.97. The van der Waals surface area contributed by atoms with Gasteiger partial charge in [-0.3, -0.25) is 9.78 Å². The molecule has 4 rings (SSSR count). The van der Waals surface area contributed by atoms with Gasteiger partial charge in [-0.15, -0.1) is 21.5 Å². The number of carbonyl (C=O) groups excluding carboxylic acids is 1. The molecular formula is C17H19N7OS. The van der Waals surface area contributed by atoms with Crippen LogP contribution in [0.2, 0.25) is 0 Å². The fourth-order valence-corrected chi connectivity index (χ4v) is 4.13. The van der Waals surface area contributed by atoms with Crippen molar-refractivity contribution in [3.63, 3.8) is 0 Å². The Hall–Kier alpha value is -2.65. The van der Waals surface area contributed by atoms with Crippen LogP contribution in [0.15, 0.2) is 24.8 Å². The van der Waals surface area contributed by atoms with Crippen molar-refractivity contribution in [1.82, 2.24) is 30.0 Å². The Labute approximate surface area is 154 Å². The number of anilines is 1. The number of hydrogen-bond acceptors (Lipinski definition) is 7. The SMILES string of the molecule is Cc1nc(C2CCNC2)sc1C(=O)Nc1cncc(-c2nncn2C)c1. The monoisotopic (exact) mass is 369 g/mol. The maximum atomic E-state index is 12.7. The van der Waals surface area contributed by atoms with Gasteiger partial charge >= 0.3 is 0 Å². The molecule has 8 nitrogen and oxygen atoms in total. The Morgan fingerprint density at radius 2 is 2.31 bits per heavy atom. The summed E-state index contributed by atoms with van der Waals surface area (Å²) in [5, 5.41) is 15.2. The van der Waals surface area contributed by atoms with E-state index in [9.17, 15) is 4.79 Å². The first-order valence-electron chi connectivity index (χ1n) is 8.40. The van der Waals surface area contributed by atoms with Crippen LogP contribution < -0.4 is 10.6 Å². The van der Waals surface area contributed by atoms with Crippen molar-refractivity contribution in [2.45, 2.75) is 19.3 Å². The van der Waals surface area contributed by atoms with Crippen molar-refractivity contribution in [2.24, 2.45) is 7.05 Å². The summed E-state index contributed by atoms with van der Waals surface area (Å²) in [6.45, 7) is 3.81. The largest absolute Gasteiger partial charge is 0.320 e. The molecule has 9 heteroatoms. The third kappa shape index (κ3) is 3.23. The number of amides is 1. The Morgan fingerprint density at radius 1 is 1.42 bits per heavy atom. The summed E-state index contributed by atoms with van der Waals surface area (Å²) < 4.78 is 1.80. The second-order valence-corrected chi connectivity index (χ2v) is 7.37. The van der Waals surface area contributed by atoms with Crippen molar-refractivity contribution < 1.29 is 4.79 Å². The lowest BCUT2D eigenvalue weighted by atomic mass is 10.1. The number of aromatic nitrogens is 5. The Morgan fingerprint density at radius 3 is 3.04 bits per heavy atom. The second-order valence-electron chi connectivity index (χ2n) is 6.34. The summed E-state index contributed by atoms with van der Waals surface area (Å²) in [7, 11) is 1.86. The zero-order valence-electron chi connectivity index (χ0n) is 14.6. The molecular weight excluding hydrogens is 350 g/mol. The van der Waals surface area contributed by atoms with Crippen LogP contribution in [-0.2, 0) is 7.05 Å². The number of rotatable bonds is 4. The maximum Gasteiger partial charge on any atom is 0.267 e. The minimum Gasteiger partial charge on any atom is -0.320 e. The van der Waals surface area contributed by atoms with Crippen LogP contribution in [0.5, 0.6) is 0 Å². The molecule has 1 fully saturated rings. The van der Waals surface area contributed by atoms with Gasteiger partial charge < -0.3 is 15.2 Å². The zero-order chi connectivity index (χ0) is 18.1. The van der Waals surface area contributed by atoms with Gasteiger partial charge in [0.25, 0.3) is 5.91 Å². The summed E-state index contributed by atoms with van der Waals surface area (Å²) in [4.78, 5) is 22.2. The second kappa shape index (κ2) is 6.93. The van der Waals surface area contributed by atoms with E-state index in [4.69, 9.17) is 0 Å². The molecule has 1 aliphatic rings. The maximum absolute atomic E-state index is 12.7. The van der Waals surface area contributed by atoms with Gasteiger partial charge in [-0.1, -0.05) is 0 Å². The average Bonchev–Trinajstić information content (AvgIpc) is 3.35. The van der Waals surface area contributed by atoms with Gasteiger partial charge in [-0.25, -0.2) is 4.98 Å². The van der Waals surface area contributed by atoms with E-state index in [0.29, 0.717) is 22.3 Å². The molecule has 0 bridgehead atoms. The molecule has 1 unspecified atom stereocenters. The van der Waals surface area contributed by atoms with Gasteiger partial charge in [0, 0.05) is 31.3 Å². The van der Waals surface area contributed by atoms with Crippen molar-refractivity contribution in [3.8, 4) is 11.4 Å². The summed E-state index contributed by atoms with van der Waals surface area (Å²) in [5.41, 5.74) is 2.18. The van der Waals surface area contributed by atoms with E-state index < -0.39 is 0 Å². The standard InChI is InChI=1S/C17H19N7OS/c1-10-14(26-17(21-10)11-3-4-18-6-11)16(25)22-13-5-12(7-19-8-13)15-23-20-9-24(15)2/h5,7-9,11,18H,3-4,6H2,1-2H3,(H,22,25). The number of nitrogens with one attached hydrogen (secondary N) is 2. The third-order valence-corrected chi connectivity index (χ3v) is 5.71. The fraction of sp³-hybridized carbons (Fsp3) is 0.353. The van der Waals surface area contributed by atoms with Crippen molar-refractivity contribution in [1.29, 1.82) is 0 Å². The highest BCUT2D eigenvalue weighted by Crippen LogP contribution is 2.29. The minimum atomic E-state index is -0.158. The summed E-state index contributed by atoms with van der Waals surface area (Å²) in [5.74, 6) is 0.939. The molecule has 0 spiro atoms. The lowest BCUT2D eigenvalue weighted by Crippen LogP contribution is -2.12. The van der Waals surface area contributed by atoms with Crippen molar-refractivity contribution >= 4 is 22.9 Å². The van der Waals surface area contributed by atoms with Crippen LogP contribution in [0.3, 0.4) is 0 Å². The molecule has 26 heavy (non-hydrogen) atoms. The predicted molar refractivity (Wildman–Crippen MR) is 99.3 cm³/mol. The Kier molecular flexibility index (Phi) is 4.48. The number of nitrogens with zero attached hydrogens (tertiary/aromatic N) is 5. The normalized spacial score (nSPS) is 16.8. The molecule has 3 aromatic heterocycles. The zero-order valence-corrected chi connectivity index (χ0v) is 15.4. The molecule has 2 N–H and O–H groups in total. The van der Waals surface area contributed by atoms with Gasteiger partial charge in [0.15, 0.2) is 5.82 Å². The molecule has 1 saturated heterocycles. The first-order chi connectivity index (χ1) is 12.6. The molecule has 134 valence electrons. The molecule has 0 aliphatic carbocycles. The van der Waals surface area contributed by atoms with Gasteiger partial charge in [-0.2, -0.15) is 0 Å². The third-order valence-electron chi connectivity index (χ3n) is 4.39. The molecule has 1 aliphatic heterocycles. The Balaban J connectivity index is 1.54. The molecule has 1 amide bonds. The number of hydrogen-bond donors (Lipinski definition) is 2. The average molecular weight is 369 g/mol.